The molecule has 4 heteroatoms. The quantitative estimate of drug-likeness (QED) is 0.832. The maximum Gasteiger partial charge on any atom is 0.221 e. The number of nitrogens with one attached hydrogen (secondary N) is 1. The number of methoxy groups -OCH3 is 1. The monoisotopic (exact) mass is 266 g/mol. The number of nitrogens with zero attached hydrogens (tertiary/aromatic N) is 1. The van der Waals surface area contributed by atoms with Crippen molar-refractivity contribution < 1.29 is 9.53 Å². The van der Waals surface area contributed by atoms with Crippen LogP contribution in [0.25, 0.3) is 0 Å². The summed E-state index contributed by atoms with van der Waals surface area (Å²) < 4.78 is 5.04. The topological polar surface area (TPSA) is 62.1 Å². The third kappa shape index (κ3) is 5.61. The number of carbonyl (C=O) groups excluding carboxylic acids is 1. The summed E-state index contributed by atoms with van der Waals surface area (Å²) in [5.41, 5.74) is -0.635. The molecule has 0 radical (unpaired) electrons. The summed E-state index contributed by atoms with van der Waals surface area (Å²) >= 11 is 0. The van der Waals surface area contributed by atoms with E-state index >= 15 is 0 Å². The second-order valence-electron chi connectivity index (χ2n) is 5.77. The normalized spacial score (nSPS) is 20.7. The Labute approximate surface area is 116 Å². The molecule has 1 unspecified atom stereocenters. The summed E-state index contributed by atoms with van der Waals surface area (Å²) in [6.07, 6.45) is 7.64. The first-order chi connectivity index (χ1) is 9.12. The van der Waals surface area contributed by atoms with Crippen molar-refractivity contribution in [3.05, 3.63) is 0 Å². The molecule has 0 aromatic carbocycles. The van der Waals surface area contributed by atoms with Crippen molar-refractivity contribution in [2.75, 3.05) is 13.7 Å². The highest BCUT2D eigenvalue weighted by Gasteiger charge is 2.32. The molecule has 0 aromatic rings. The van der Waals surface area contributed by atoms with Gasteiger partial charge in [0.05, 0.1) is 6.07 Å². The molecule has 1 aliphatic rings. The number of amides is 1. The maximum atomic E-state index is 12.0. The second kappa shape index (κ2) is 8.16. The molecule has 1 amide bonds. The lowest BCUT2D eigenvalue weighted by molar-refractivity contribution is -0.123. The molecule has 4 nitrogen and oxygen atoms in total. The highest BCUT2D eigenvalue weighted by atomic mass is 16.5. The van der Waals surface area contributed by atoms with Crippen LogP contribution in [-0.4, -0.2) is 25.2 Å². The van der Waals surface area contributed by atoms with Gasteiger partial charge in [-0.05, 0) is 18.8 Å². The van der Waals surface area contributed by atoms with Crippen molar-refractivity contribution in [1.29, 1.82) is 5.26 Å². The van der Waals surface area contributed by atoms with Crippen LogP contribution in [-0.2, 0) is 9.53 Å². The van der Waals surface area contributed by atoms with Crippen molar-refractivity contribution >= 4 is 5.91 Å². The molecule has 108 valence electrons. The van der Waals surface area contributed by atoms with Crippen molar-refractivity contribution in [2.45, 2.75) is 63.8 Å². The average molecular weight is 266 g/mol. The van der Waals surface area contributed by atoms with Crippen LogP contribution in [0.15, 0.2) is 0 Å². The van der Waals surface area contributed by atoms with Crippen molar-refractivity contribution in [3.8, 4) is 6.07 Å². The maximum absolute atomic E-state index is 12.0. The van der Waals surface area contributed by atoms with Gasteiger partial charge in [0.15, 0.2) is 0 Å². The van der Waals surface area contributed by atoms with Gasteiger partial charge in [-0.2, -0.15) is 5.26 Å². The first kappa shape index (κ1) is 16.0. The SMILES string of the molecule is COCC(C)CC(=O)NC1(C#N)CCCCCCC1. The van der Waals surface area contributed by atoms with E-state index < -0.39 is 5.54 Å². The van der Waals surface area contributed by atoms with Crippen LogP contribution < -0.4 is 5.32 Å². The van der Waals surface area contributed by atoms with E-state index in [1.807, 2.05) is 6.92 Å². The van der Waals surface area contributed by atoms with E-state index in [4.69, 9.17) is 4.74 Å². The summed E-state index contributed by atoms with van der Waals surface area (Å²) in [7, 11) is 1.64. The fourth-order valence-electron chi connectivity index (χ4n) is 2.75. The molecular formula is C15H26N2O2. The van der Waals surface area contributed by atoms with E-state index in [0.29, 0.717) is 13.0 Å². The van der Waals surface area contributed by atoms with E-state index in [1.54, 1.807) is 7.11 Å². The summed E-state index contributed by atoms with van der Waals surface area (Å²) in [5, 5.41) is 12.4. The number of rotatable bonds is 5. The number of hydrogen-bond acceptors (Lipinski definition) is 3. The van der Waals surface area contributed by atoms with Gasteiger partial charge in [-0.3, -0.25) is 4.79 Å². The molecule has 0 aromatic heterocycles. The van der Waals surface area contributed by atoms with E-state index in [0.717, 1.165) is 25.7 Å². The Balaban J connectivity index is 2.53. The zero-order chi connectivity index (χ0) is 14.1. The Morgan fingerprint density at radius 2 is 1.89 bits per heavy atom. The molecule has 1 atom stereocenters. The summed E-state index contributed by atoms with van der Waals surface area (Å²) in [6, 6.07) is 2.36. The van der Waals surface area contributed by atoms with E-state index in [2.05, 4.69) is 11.4 Å². The van der Waals surface area contributed by atoms with Crippen LogP contribution in [0, 0.1) is 17.2 Å². The minimum atomic E-state index is -0.635. The number of ether oxygens (including phenoxy) is 1. The van der Waals surface area contributed by atoms with Crippen LogP contribution in [0.5, 0.6) is 0 Å². The van der Waals surface area contributed by atoms with Gasteiger partial charge < -0.3 is 10.1 Å². The molecule has 1 N–H and O–H groups in total. The summed E-state index contributed by atoms with van der Waals surface area (Å²) in [6.45, 7) is 2.56. The zero-order valence-electron chi connectivity index (χ0n) is 12.2. The Hall–Kier alpha value is -1.08. The van der Waals surface area contributed by atoms with Crippen LogP contribution in [0.1, 0.15) is 58.3 Å². The number of carbonyl (C=O) groups is 1. The number of nitriles is 1. The third-order valence-corrected chi connectivity index (χ3v) is 3.78. The van der Waals surface area contributed by atoms with E-state index in [1.165, 1.54) is 19.3 Å². The smallest absolute Gasteiger partial charge is 0.221 e. The molecule has 0 bridgehead atoms. The predicted octanol–water partition coefficient (Wildman–Crippen LogP) is 2.78. The molecule has 0 aliphatic heterocycles. The zero-order valence-corrected chi connectivity index (χ0v) is 12.2. The van der Waals surface area contributed by atoms with E-state index in [9.17, 15) is 10.1 Å². The number of hydrogen-bond donors (Lipinski definition) is 1. The van der Waals surface area contributed by atoms with Gasteiger partial charge in [-0.25, -0.2) is 0 Å². The molecule has 1 aliphatic carbocycles. The minimum absolute atomic E-state index is 0.0216. The van der Waals surface area contributed by atoms with Gasteiger partial charge >= 0.3 is 0 Å². The Bertz CT molecular complexity index is 315. The Kier molecular flexibility index (Phi) is 6.86. The Morgan fingerprint density at radius 3 is 2.42 bits per heavy atom. The highest BCUT2D eigenvalue weighted by Crippen LogP contribution is 2.26. The molecule has 19 heavy (non-hydrogen) atoms. The molecule has 0 saturated heterocycles. The highest BCUT2D eigenvalue weighted by molar-refractivity contribution is 5.77. The first-order valence-electron chi connectivity index (χ1n) is 7.33. The largest absolute Gasteiger partial charge is 0.384 e. The fraction of sp³-hybridized carbons (Fsp3) is 0.867. The van der Waals surface area contributed by atoms with Gasteiger partial charge in [0.25, 0.3) is 0 Å². The van der Waals surface area contributed by atoms with Crippen molar-refractivity contribution in [3.63, 3.8) is 0 Å². The first-order valence-corrected chi connectivity index (χ1v) is 7.33. The van der Waals surface area contributed by atoms with Crippen LogP contribution in [0.3, 0.4) is 0 Å². The van der Waals surface area contributed by atoms with Gasteiger partial charge in [0.1, 0.15) is 5.54 Å². The lowest BCUT2D eigenvalue weighted by Crippen LogP contribution is -2.48. The van der Waals surface area contributed by atoms with Crippen LogP contribution >= 0.6 is 0 Å². The Morgan fingerprint density at radius 1 is 1.32 bits per heavy atom. The summed E-state index contributed by atoms with van der Waals surface area (Å²) in [5.74, 6) is 0.168. The van der Waals surface area contributed by atoms with Gasteiger partial charge in [-0.15, -0.1) is 0 Å². The predicted molar refractivity (Wildman–Crippen MR) is 74.5 cm³/mol. The molecule has 1 saturated carbocycles. The van der Waals surface area contributed by atoms with Gasteiger partial charge in [0.2, 0.25) is 5.91 Å². The lowest BCUT2D eigenvalue weighted by Gasteiger charge is -2.30. The third-order valence-electron chi connectivity index (χ3n) is 3.78. The van der Waals surface area contributed by atoms with E-state index in [-0.39, 0.29) is 11.8 Å². The molecule has 0 spiro atoms. The average Bonchev–Trinajstić information content (AvgIpc) is 2.33. The fourth-order valence-corrected chi connectivity index (χ4v) is 2.75. The molecule has 1 fully saturated rings. The van der Waals surface area contributed by atoms with Crippen LogP contribution in [0.2, 0.25) is 0 Å². The van der Waals surface area contributed by atoms with Gasteiger partial charge in [-0.1, -0.05) is 39.0 Å². The minimum Gasteiger partial charge on any atom is -0.384 e. The molecule has 1 rings (SSSR count). The van der Waals surface area contributed by atoms with Crippen LogP contribution in [0.4, 0.5) is 0 Å². The molecular weight excluding hydrogens is 240 g/mol. The summed E-state index contributed by atoms with van der Waals surface area (Å²) in [4.78, 5) is 12.0. The molecule has 0 heterocycles. The standard InChI is InChI=1S/C15H26N2O2/c1-13(11-19-2)10-14(18)17-15(12-16)8-6-4-3-5-7-9-15/h13H,3-11H2,1-2H3,(H,17,18). The lowest BCUT2D eigenvalue weighted by atomic mass is 9.85. The second-order valence-corrected chi connectivity index (χ2v) is 5.77. The van der Waals surface area contributed by atoms with Gasteiger partial charge in [0, 0.05) is 20.1 Å². The van der Waals surface area contributed by atoms with Crippen molar-refractivity contribution in [1.82, 2.24) is 5.32 Å². The van der Waals surface area contributed by atoms with Crippen molar-refractivity contribution in [2.24, 2.45) is 5.92 Å².